The van der Waals surface area contributed by atoms with Gasteiger partial charge in [0.1, 0.15) is 17.7 Å². The lowest BCUT2D eigenvalue weighted by Crippen LogP contribution is -2.01. The van der Waals surface area contributed by atoms with Crippen LogP contribution in [-0.2, 0) is 9.59 Å². The van der Waals surface area contributed by atoms with Gasteiger partial charge >= 0.3 is 0 Å². The van der Waals surface area contributed by atoms with Crippen molar-refractivity contribution in [3.05, 3.63) is 43.9 Å². The number of rotatable bonds is 4. The monoisotopic (exact) mass is 302 g/mol. The van der Waals surface area contributed by atoms with Crippen LogP contribution in [0, 0.1) is 22.7 Å². The lowest BCUT2D eigenvalue weighted by molar-refractivity contribution is -0.114. The molecule has 0 radical (unpaired) electrons. The van der Waals surface area contributed by atoms with Crippen LogP contribution in [0.5, 0.6) is 0 Å². The van der Waals surface area contributed by atoms with E-state index in [1.54, 1.807) is 12.1 Å². The molecule has 0 aromatic rings. The van der Waals surface area contributed by atoms with Crippen molar-refractivity contribution >= 4 is 35.1 Å². The van der Waals surface area contributed by atoms with Crippen molar-refractivity contribution in [3.8, 4) is 12.1 Å². The number of ketones is 2. The normalized spacial score (nSPS) is 13.5. The van der Waals surface area contributed by atoms with Crippen molar-refractivity contribution in [2.24, 2.45) is 0 Å². The largest absolute Gasteiger partial charge is 0.294 e. The van der Waals surface area contributed by atoms with Gasteiger partial charge in [0.05, 0.1) is 4.24 Å². The molecular weight excluding hydrogens is 292 g/mol. The molecule has 6 heteroatoms. The zero-order valence-electron chi connectivity index (χ0n) is 10.9. The van der Waals surface area contributed by atoms with Crippen LogP contribution in [0.3, 0.4) is 0 Å². The van der Waals surface area contributed by atoms with Crippen molar-refractivity contribution in [2.45, 2.75) is 13.8 Å². The van der Waals surface area contributed by atoms with Crippen LogP contribution in [0.2, 0.25) is 0 Å². The summed E-state index contributed by atoms with van der Waals surface area (Å²) in [5.74, 6) is -0.475. The number of nitrogens with zero attached hydrogens (tertiary/aromatic N) is 2. The van der Waals surface area contributed by atoms with Crippen molar-refractivity contribution in [2.75, 3.05) is 0 Å². The standard InChI is InChI=1S/C14H10N2O2S2/c1-7(9(3)17)12-13(8(2)10(4)18)20-14(19-12)11(5-15)6-16/h1-2H2,3-4H3. The summed E-state index contributed by atoms with van der Waals surface area (Å²) < 4.78 is 0.435. The molecule has 0 unspecified atom stereocenters. The smallest absolute Gasteiger partial charge is 0.160 e. The summed E-state index contributed by atoms with van der Waals surface area (Å²) in [4.78, 5) is 23.9. The molecule has 0 atom stereocenters. The van der Waals surface area contributed by atoms with E-state index in [0.717, 1.165) is 23.5 Å². The first kappa shape index (κ1) is 16.0. The summed E-state index contributed by atoms with van der Waals surface area (Å²) in [6.07, 6.45) is 0. The average Bonchev–Trinajstić information content (AvgIpc) is 2.82. The van der Waals surface area contributed by atoms with Gasteiger partial charge in [-0.05, 0) is 13.8 Å². The van der Waals surface area contributed by atoms with E-state index in [1.165, 1.54) is 13.8 Å². The van der Waals surface area contributed by atoms with E-state index < -0.39 is 0 Å². The number of carbonyl (C=O) groups is 2. The van der Waals surface area contributed by atoms with Crippen LogP contribution in [0.25, 0.3) is 0 Å². The summed E-state index contributed by atoms with van der Waals surface area (Å²) in [7, 11) is 0. The van der Waals surface area contributed by atoms with Gasteiger partial charge in [-0.25, -0.2) is 0 Å². The molecule has 0 amide bonds. The van der Waals surface area contributed by atoms with Gasteiger partial charge in [0.2, 0.25) is 0 Å². The van der Waals surface area contributed by atoms with Gasteiger partial charge in [0.25, 0.3) is 0 Å². The zero-order valence-corrected chi connectivity index (χ0v) is 12.6. The Hall–Kier alpha value is -2.02. The molecule has 100 valence electrons. The zero-order chi connectivity index (χ0) is 15.4. The van der Waals surface area contributed by atoms with Crippen LogP contribution in [0.4, 0.5) is 0 Å². The van der Waals surface area contributed by atoms with Gasteiger partial charge in [-0.1, -0.05) is 36.7 Å². The molecular formula is C14H10N2O2S2. The van der Waals surface area contributed by atoms with E-state index in [0.29, 0.717) is 14.0 Å². The number of thioether (sulfide) groups is 2. The first-order valence-corrected chi connectivity index (χ1v) is 7.01. The van der Waals surface area contributed by atoms with Crippen LogP contribution in [0.1, 0.15) is 13.8 Å². The van der Waals surface area contributed by atoms with E-state index in [-0.39, 0.29) is 28.3 Å². The second-order valence-corrected chi connectivity index (χ2v) is 6.12. The van der Waals surface area contributed by atoms with E-state index in [2.05, 4.69) is 13.2 Å². The summed E-state index contributed by atoms with van der Waals surface area (Å²) in [6, 6.07) is 3.58. The molecule has 0 aromatic carbocycles. The number of hydrogen-bond donors (Lipinski definition) is 0. The Labute approximate surface area is 125 Å². The van der Waals surface area contributed by atoms with Gasteiger partial charge in [-0.15, -0.1) is 0 Å². The summed E-state index contributed by atoms with van der Waals surface area (Å²) >= 11 is 2.20. The number of allylic oxidation sites excluding steroid dienone is 3. The third-order valence-electron chi connectivity index (χ3n) is 2.42. The fraction of sp³-hybridized carbons (Fsp3) is 0.143. The molecule has 0 bridgehead atoms. The highest BCUT2D eigenvalue weighted by Crippen LogP contribution is 2.54. The molecule has 0 saturated heterocycles. The molecule has 1 rings (SSSR count). The number of nitriles is 2. The summed E-state index contributed by atoms with van der Waals surface area (Å²) in [5, 5.41) is 17.8. The number of hydrogen-bond acceptors (Lipinski definition) is 6. The maximum atomic E-state index is 11.5. The molecule has 0 aromatic heterocycles. The fourth-order valence-electron chi connectivity index (χ4n) is 1.23. The van der Waals surface area contributed by atoms with E-state index in [1.807, 2.05) is 0 Å². The Kier molecular flexibility index (Phi) is 5.15. The third-order valence-corrected chi connectivity index (χ3v) is 5.14. The second kappa shape index (κ2) is 6.42. The second-order valence-electron chi connectivity index (χ2n) is 3.82. The lowest BCUT2D eigenvalue weighted by atomic mass is 10.1. The average molecular weight is 302 g/mol. The highest BCUT2D eigenvalue weighted by atomic mass is 32.2. The van der Waals surface area contributed by atoms with E-state index in [9.17, 15) is 9.59 Å². The van der Waals surface area contributed by atoms with E-state index in [4.69, 9.17) is 10.5 Å². The van der Waals surface area contributed by atoms with Crippen molar-refractivity contribution in [1.29, 1.82) is 10.5 Å². The topological polar surface area (TPSA) is 81.7 Å². The maximum Gasteiger partial charge on any atom is 0.160 e. The molecule has 0 aliphatic carbocycles. The molecule has 0 fully saturated rings. The summed E-state index contributed by atoms with van der Waals surface area (Å²) in [5.41, 5.74) is 0.426. The Morgan fingerprint density at radius 1 is 0.950 bits per heavy atom. The Morgan fingerprint density at radius 3 is 1.55 bits per heavy atom. The predicted molar refractivity (Wildman–Crippen MR) is 80.1 cm³/mol. The molecule has 4 nitrogen and oxygen atoms in total. The van der Waals surface area contributed by atoms with Gasteiger partial charge < -0.3 is 0 Å². The minimum Gasteiger partial charge on any atom is -0.294 e. The Balaban J connectivity index is 3.38. The molecule has 0 N–H and O–H groups in total. The molecule has 20 heavy (non-hydrogen) atoms. The van der Waals surface area contributed by atoms with Crippen LogP contribution in [-0.4, -0.2) is 11.6 Å². The van der Waals surface area contributed by atoms with E-state index >= 15 is 0 Å². The van der Waals surface area contributed by atoms with Gasteiger partial charge in [0, 0.05) is 21.0 Å². The first-order valence-electron chi connectivity index (χ1n) is 5.38. The van der Waals surface area contributed by atoms with Gasteiger partial charge in [-0.2, -0.15) is 10.5 Å². The highest BCUT2D eigenvalue weighted by molar-refractivity contribution is 8.28. The van der Waals surface area contributed by atoms with Gasteiger partial charge in [-0.3, -0.25) is 9.59 Å². The molecule has 1 aliphatic rings. The van der Waals surface area contributed by atoms with Crippen LogP contribution < -0.4 is 0 Å². The quantitative estimate of drug-likeness (QED) is 0.585. The lowest BCUT2D eigenvalue weighted by Gasteiger charge is -2.05. The van der Waals surface area contributed by atoms with Crippen molar-refractivity contribution < 1.29 is 9.59 Å². The van der Waals surface area contributed by atoms with Crippen LogP contribution in [0.15, 0.2) is 43.9 Å². The van der Waals surface area contributed by atoms with Crippen LogP contribution >= 0.6 is 23.5 Å². The van der Waals surface area contributed by atoms with Crippen molar-refractivity contribution in [1.82, 2.24) is 0 Å². The Bertz CT molecular complexity index is 629. The minimum absolute atomic E-state index is 0.0554. The van der Waals surface area contributed by atoms with Crippen molar-refractivity contribution in [3.63, 3.8) is 0 Å². The van der Waals surface area contributed by atoms with Gasteiger partial charge in [0.15, 0.2) is 11.6 Å². The highest BCUT2D eigenvalue weighted by Gasteiger charge is 2.29. The molecule has 0 spiro atoms. The minimum atomic E-state index is -0.237. The first-order chi connectivity index (χ1) is 9.33. The fourth-order valence-corrected chi connectivity index (χ4v) is 3.87. The molecule has 1 heterocycles. The Morgan fingerprint density at radius 2 is 1.30 bits per heavy atom. The predicted octanol–water partition coefficient (Wildman–Crippen LogP) is 3.23. The third kappa shape index (κ3) is 3.11. The molecule has 0 saturated carbocycles. The number of carbonyl (C=O) groups excluding carboxylic acids is 2. The number of Topliss-reactive ketones (excluding diaryl/α,β-unsaturated/α-hetero) is 2. The molecule has 1 aliphatic heterocycles. The summed E-state index contributed by atoms with van der Waals surface area (Å²) in [6.45, 7) is 10.1. The SMILES string of the molecule is C=C(C(C)=O)C1=C(C(=C)C(C)=O)SC(=C(C#N)C#N)S1. The maximum absolute atomic E-state index is 11.5.